The van der Waals surface area contributed by atoms with E-state index < -0.39 is 0 Å². The number of hydrogen-bond donors (Lipinski definition) is 1. The van der Waals surface area contributed by atoms with E-state index in [0.717, 1.165) is 22.3 Å². The number of allylic oxidation sites excluding steroid dienone is 1. The minimum atomic E-state index is 0.166. The number of H-pyrrole nitrogens is 1. The van der Waals surface area contributed by atoms with E-state index in [0.29, 0.717) is 12.3 Å². The van der Waals surface area contributed by atoms with Crippen molar-refractivity contribution in [2.75, 3.05) is 7.05 Å². The molecule has 2 aromatic heterocycles. The molecule has 2 aromatic rings. The van der Waals surface area contributed by atoms with Gasteiger partial charge in [0.25, 0.3) is 0 Å². The lowest BCUT2D eigenvalue weighted by atomic mass is 9.95. The molecule has 0 amide bonds. The molecule has 0 spiro atoms. The van der Waals surface area contributed by atoms with E-state index in [1.807, 2.05) is 24.3 Å². The molecular formula is C18H22N6. The van der Waals surface area contributed by atoms with Crippen molar-refractivity contribution in [3.8, 4) is 6.07 Å². The Morgan fingerprint density at radius 3 is 3.08 bits per heavy atom. The molecule has 0 unspecified atom stereocenters. The number of hydrogen-bond acceptors (Lipinski definition) is 5. The standard InChI is InChI=1S/C18H22N6/c1-13(17-15-8-10-20-18(15)22-12-21-17)11-23-24(2)16(7-9-19)14-5-3-4-6-14/h8,10-12,14,16H,1,3-7H2,2H3,(H,20,21,22)/b23-11-/t16-/m1/s1. The van der Waals surface area contributed by atoms with Crippen molar-refractivity contribution < 1.29 is 0 Å². The minimum absolute atomic E-state index is 0.166. The van der Waals surface area contributed by atoms with Gasteiger partial charge in [0.1, 0.15) is 12.0 Å². The van der Waals surface area contributed by atoms with Gasteiger partial charge in [-0.3, -0.25) is 5.01 Å². The van der Waals surface area contributed by atoms with Crippen LogP contribution in [0.4, 0.5) is 0 Å². The number of nitrogens with one attached hydrogen (secondary N) is 1. The maximum atomic E-state index is 9.13. The van der Waals surface area contributed by atoms with Crippen LogP contribution in [0.3, 0.4) is 0 Å². The summed E-state index contributed by atoms with van der Waals surface area (Å²) in [7, 11) is 1.94. The van der Waals surface area contributed by atoms with Gasteiger partial charge >= 0.3 is 0 Å². The second-order valence-electron chi connectivity index (χ2n) is 6.28. The van der Waals surface area contributed by atoms with Crippen LogP contribution >= 0.6 is 0 Å². The molecule has 6 nitrogen and oxygen atoms in total. The van der Waals surface area contributed by atoms with Crippen molar-refractivity contribution in [1.29, 1.82) is 5.26 Å². The summed E-state index contributed by atoms with van der Waals surface area (Å²) >= 11 is 0. The maximum absolute atomic E-state index is 9.13. The van der Waals surface area contributed by atoms with Gasteiger partial charge in [0.2, 0.25) is 0 Å². The largest absolute Gasteiger partial charge is 0.346 e. The summed E-state index contributed by atoms with van der Waals surface area (Å²) < 4.78 is 0. The fraction of sp³-hybridized carbons (Fsp3) is 0.444. The van der Waals surface area contributed by atoms with Crippen molar-refractivity contribution in [3.63, 3.8) is 0 Å². The van der Waals surface area contributed by atoms with Gasteiger partial charge in [-0.2, -0.15) is 10.4 Å². The van der Waals surface area contributed by atoms with E-state index in [4.69, 9.17) is 5.26 Å². The maximum Gasteiger partial charge on any atom is 0.141 e. The van der Waals surface area contributed by atoms with Crippen molar-refractivity contribution in [2.45, 2.75) is 38.1 Å². The number of fused-ring (bicyclic) bond motifs is 1. The van der Waals surface area contributed by atoms with E-state index >= 15 is 0 Å². The first-order valence-electron chi connectivity index (χ1n) is 8.32. The lowest BCUT2D eigenvalue weighted by molar-refractivity contribution is 0.186. The highest BCUT2D eigenvalue weighted by Crippen LogP contribution is 2.31. The number of aromatic nitrogens is 3. The van der Waals surface area contributed by atoms with Crippen LogP contribution in [-0.2, 0) is 0 Å². The van der Waals surface area contributed by atoms with E-state index in [9.17, 15) is 0 Å². The smallest absolute Gasteiger partial charge is 0.141 e. The third-order valence-corrected chi connectivity index (χ3v) is 4.78. The second-order valence-corrected chi connectivity index (χ2v) is 6.28. The first-order chi connectivity index (χ1) is 11.7. The van der Waals surface area contributed by atoms with Crippen LogP contribution in [0.15, 0.2) is 30.3 Å². The first-order valence-corrected chi connectivity index (χ1v) is 8.32. The van der Waals surface area contributed by atoms with Crippen LogP contribution in [0.25, 0.3) is 16.6 Å². The Kier molecular flexibility index (Phi) is 4.90. The number of nitriles is 1. The molecule has 6 heteroatoms. The highest BCUT2D eigenvalue weighted by atomic mass is 15.4. The molecule has 0 aliphatic heterocycles. The monoisotopic (exact) mass is 322 g/mol. The summed E-state index contributed by atoms with van der Waals surface area (Å²) in [4.78, 5) is 11.6. The molecule has 1 N–H and O–H groups in total. The van der Waals surface area contributed by atoms with Crippen LogP contribution in [0.1, 0.15) is 37.8 Å². The normalized spacial score (nSPS) is 16.5. The van der Waals surface area contributed by atoms with Gasteiger partial charge in [-0.25, -0.2) is 9.97 Å². The van der Waals surface area contributed by atoms with E-state index in [2.05, 4.69) is 32.7 Å². The molecule has 124 valence electrons. The summed E-state index contributed by atoms with van der Waals surface area (Å²) in [6.07, 6.45) is 10.5. The number of hydrazone groups is 1. The van der Waals surface area contributed by atoms with Crippen LogP contribution in [-0.4, -0.2) is 39.3 Å². The molecule has 2 heterocycles. The highest BCUT2D eigenvalue weighted by molar-refractivity contribution is 6.12. The zero-order chi connectivity index (χ0) is 16.9. The SMILES string of the molecule is C=C(/C=N\N(C)[C@H](CC#N)C1CCCC1)c1ncnc2[nH]ccc12. The van der Waals surface area contributed by atoms with Crippen molar-refractivity contribution >= 4 is 22.8 Å². The topological polar surface area (TPSA) is 81.0 Å². The Morgan fingerprint density at radius 1 is 1.54 bits per heavy atom. The van der Waals surface area contributed by atoms with Gasteiger partial charge in [-0.15, -0.1) is 0 Å². The van der Waals surface area contributed by atoms with Crippen LogP contribution in [0, 0.1) is 17.2 Å². The van der Waals surface area contributed by atoms with Gasteiger partial charge in [0, 0.05) is 24.2 Å². The molecule has 24 heavy (non-hydrogen) atoms. The summed E-state index contributed by atoms with van der Waals surface area (Å²) in [5, 5.41) is 16.5. The Hall–Kier alpha value is -2.68. The summed E-state index contributed by atoms with van der Waals surface area (Å²) in [5.41, 5.74) is 2.29. The second kappa shape index (κ2) is 7.26. The molecule has 0 bridgehead atoms. The third kappa shape index (κ3) is 3.30. The lowest BCUT2D eigenvalue weighted by Crippen LogP contribution is -2.33. The average molecular weight is 322 g/mol. The van der Waals surface area contributed by atoms with Gasteiger partial charge in [0.15, 0.2) is 0 Å². The fourth-order valence-corrected chi connectivity index (χ4v) is 3.48. The Bertz CT molecular complexity index is 778. The van der Waals surface area contributed by atoms with Crippen molar-refractivity contribution in [2.24, 2.45) is 11.0 Å². The minimum Gasteiger partial charge on any atom is -0.346 e. The summed E-state index contributed by atoms with van der Waals surface area (Å²) in [6, 6.07) is 4.40. The van der Waals surface area contributed by atoms with Crippen LogP contribution in [0.2, 0.25) is 0 Å². The van der Waals surface area contributed by atoms with Gasteiger partial charge in [0.05, 0.1) is 30.4 Å². The predicted octanol–water partition coefficient (Wildman–Crippen LogP) is 3.36. The molecule has 1 atom stereocenters. The molecule has 0 aromatic carbocycles. The van der Waals surface area contributed by atoms with Crippen molar-refractivity contribution in [1.82, 2.24) is 20.0 Å². The Labute approximate surface area is 141 Å². The highest BCUT2D eigenvalue weighted by Gasteiger charge is 2.27. The van der Waals surface area contributed by atoms with Crippen LogP contribution < -0.4 is 0 Å². The van der Waals surface area contributed by atoms with Gasteiger partial charge < -0.3 is 4.98 Å². The average Bonchev–Trinajstić information content (AvgIpc) is 3.27. The van der Waals surface area contributed by atoms with Crippen LogP contribution in [0.5, 0.6) is 0 Å². The Morgan fingerprint density at radius 2 is 2.33 bits per heavy atom. The van der Waals surface area contributed by atoms with E-state index in [-0.39, 0.29) is 6.04 Å². The number of aromatic amines is 1. The fourth-order valence-electron chi connectivity index (χ4n) is 3.48. The third-order valence-electron chi connectivity index (χ3n) is 4.78. The quantitative estimate of drug-likeness (QED) is 0.653. The molecular weight excluding hydrogens is 300 g/mol. The van der Waals surface area contributed by atoms with Gasteiger partial charge in [-0.05, 0) is 24.8 Å². The van der Waals surface area contributed by atoms with Gasteiger partial charge in [-0.1, -0.05) is 19.4 Å². The molecule has 1 aliphatic carbocycles. The summed E-state index contributed by atoms with van der Waals surface area (Å²) in [6.45, 7) is 4.08. The van der Waals surface area contributed by atoms with Crippen molar-refractivity contribution in [3.05, 3.63) is 30.9 Å². The molecule has 1 saturated carbocycles. The zero-order valence-corrected chi connectivity index (χ0v) is 13.9. The zero-order valence-electron chi connectivity index (χ0n) is 13.9. The molecule has 0 radical (unpaired) electrons. The lowest BCUT2D eigenvalue weighted by Gasteiger charge is -2.28. The number of nitrogens with zero attached hydrogens (tertiary/aromatic N) is 5. The molecule has 0 saturated heterocycles. The molecule has 1 fully saturated rings. The Balaban J connectivity index is 1.75. The summed E-state index contributed by atoms with van der Waals surface area (Å²) in [5.74, 6) is 0.551. The first kappa shape index (κ1) is 16.2. The van der Waals surface area contributed by atoms with E-state index in [1.54, 1.807) is 6.21 Å². The molecule has 3 rings (SSSR count). The van der Waals surface area contributed by atoms with E-state index in [1.165, 1.54) is 32.0 Å². The predicted molar refractivity (Wildman–Crippen MR) is 95.2 cm³/mol. The molecule has 1 aliphatic rings. The number of rotatable bonds is 6.